The summed E-state index contributed by atoms with van der Waals surface area (Å²) in [5.41, 5.74) is 4.39. The van der Waals surface area contributed by atoms with Crippen LogP contribution in [0.1, 0.15) is 41.7 Å². The lowest BCUT2D eigenvalue weighted by atomic mass is 10.0. The number of nitrogens with one attached hydrogen (secondary N) is 2. The van der Waals surface area contributed by atoms with E-state index in [9.17, 15) is 9.18 Å². The highest BCUT2D eigenvalue weighted by Crippen LogP contribution is 2.26. The van der Waals surface area contributed by atoms with E-state index in [1.54, 1.807) is 0 Å². The van der Waals surface area contributed by atoms with Crippen LogP contribution in [0.2, 0.25) is 0 Å². The van der Waals surface area contributed by atoms with E-state index in [1.807, 2.05) is 30.6 Å². The Morgan fingerprint density at radius 2 is 1.79 bits per heavy atom. The van der Waals surface area contributed by atoms with Crippen molar-refractivity contribution in [2.75, 3.05) is 18.4 Å². The lowest BCUT2D eigenvalue weighted by Gasteiger charge is -2.19. The molecular formula is C25H25FN6O. The number of carbonyl (C=O) groups is 1. The van der Waals surface area contributed by atoms with Crippen LogP contribution >= 0.6 is 0 Å². The molecule has 1 fully saturated rings. The number of hydrogen-bond donors (Lipinski definition) is 2. The standard InChI is InChI=1S/C25H25FN6O/c26-20-11-21(15-28-14-20)29-25(33)24-22-10-18(5-6-23(22)30-31-24)19-9-17(12-27-13-19)16-32-7-3-1-2-4-8-32/h5-6,9-15H,1-4,7-8,16H2,(H,29,33)(H,30,31). The van der Waals surface area contributed by atoms with E-state index in [2.05, 4.69) is 36.4 Å². The fourth-order valence-corrected chi connectivity index (χ4v) is 4.32. The molecule has 0 atom stereocenters. The smallest absolute Gasteiger partial charge is 0.276 e. The zero-order valence-corrected chi connectivity index (χ0v) is 18.2. The van der Waals surface area contributed by atoms with Gasteiger partial charge < -0.3 is 5.32 Å². The molecule has 0 radical (unpaired) electrons. The molecule has 1 amide bonds. The monoisotopic (exact) mass is 444 g/mol. The first-order valence-electron chi connectivity index (χ1n) is 11.2. The Hall–Kier alpha value is -3.65. The van der Waals surface area contributed by atoms with Crippen LogP contribution in [0.3, 0.4) is 0 Å². The molecule has 1 aliphatic rings. The highest BCUT2D eigenvalue weighted by molar-refractivity contribution is 6.11. The first-order valence-corrected chi connectivity index (χ1v) is 11.2. The summed E-state index contributed by atoms with van der Waals surface area (Å²) in [7, 11) is 0. The van der Waals surface area contributed by atoms with Crippen molar-refractivity contribution in [2.45, 2.75) is 32.2 Å². The lowest BCUT2D eigenvalue weighted by molar-refractivity contribution is 0.102. The third-order valence-electron chi connectivity index (χ3n) is 5.97. The van der Waals surface area contributed by atoms with Crippen molar-refractivity contribution in [3.63, 3.8) is 0 Å². The second kappa shape index (κ2) is 9.46. The summed E-state index contributed by atoms with van der Waals surface area (Å²) in [6.07, 6.45) is 11.4. The van der Waals surface area contributed by atoms with Crippen molar-refractivity contribution >= 4 is 22.5 Å². The van der Waals surface area contributed by atoms with Crippen LogP contribution in [-0.4, -0.2) is 44.1 Å². The van der Waals surface area contributed by atoms with Crippen molar-refractivity contribution in [1.29, 1.82) is 0 Å². The molecule has 1 saturated heterocycles. The quantitative estimate of drug-likeness (QED) is 0.462. The van der Waals surface area contributed by atoms with Crippen LogP contribution in [0.25, 0.3) is 22.0 Å². The molecule has 0 aliphatic carbocycles. The largest absolute Gasteiger partial charge is 0.319 e. The summed E-state index contributed by atoms with van der Waals surface area (Å²) in [4.78, 5) is 23.5. The zero-order valence-electron chi connectivity index (χ0n) is 18.2. The van der Waals surface area contributed by atoms with E-state index in [1.165, 1.54) is 43.5 Å². The number of fused-ring (bicyclic) bond motifs is 1. The summed E-state index contributed by atoms with van der Waals surface area (Å²) < 4.78 is 13.4. The Kier molecular flexibility index (Phi) is 6.08. The number of rotatable bonds is 5. The minimum Gasteiger partial charge on any atom is -0.319 e. The van der Waals surface area contributed by atoms with Crippen LogP contribution < -0.4 is 5.32 Å². The van der Waals surface area contributed by atoms with Gasteiger partial charge in [0.05, 0.1) is 23.6 Å². The molecule has 4 aromatic rings. The van der Waals surface area contributed by atoms with Crippen LogP contribution in [0.4, 0.5) is 10.1 Å². The molecule has 0 saturated carbocycles. The van der Waals surface area contributed by atoms with Gasteiger partial charge in [-0.05, 0) is 55.3 Å². The molecule has 1 aliphatic heterocycles. The Morgan fingerprint density at radius 1 is 0.970 bits per heavy atom. The van der Waals surface area contributed by atoms with Crippen molar-refractivity contribution in [3.8, 4) is 11.1 Å². The molecule has 7 nitrogen and oxygen atoms in total. The summed E-state index contributed by atoms with van der Waals surface area (Å²) in [6, 6.07) is 9.21. The number of benzene rings is 1. The maximum atomic E-state index is 13.4. The summed E-state index contributed by atoms with van der Waals surface area (Å²) in [5, 5.41) is 10.4. The van der Waals surface area contributed by atoms with Crippen LogP contribution in [0.5, 0.6) is 0 Å². The average molecular weight is 445 g/mol. The van der Waals surface area contributed by atoms with E-state index >= 15 is 0 Å². The van der Waals surface area contributed by atoms with Gasteiger partial charge in [0.15, 0.2) is 5.69 Å². The molecule has 168 valence electrons. The van der Waals surface area contributed by atoms with Gasteiger partial charge in [-0.15, -0.1) is 0 Å². The SMILES string of the molecule is O=C(Nc1cncc(F)c1)c1n[nH]c2ccc(-c3cncc(CN4CCCCCC4)c3)cc12. The fourth-order valence-electron chi connectivity index (χ4n) is 4.32. The second-order valence-electron chi connectivity index (χ2n) is 8.45. The number of carbonyl (C=O) groups excluding carboxylic acids is 1. The van der Waals surface area contributed by atoms with E-state index < -0.39 is 11.7 Å². The molecule has 0 spiro atoms. The first kappa shape index (κ1) is 21.2. The molecular weight excluding hydrogens is 419 g/mol. The van der Waals surface area contributed by atoms with E-state index in [4.69, 9.17) is 0 Å². The predicted octanol–water partition coefficient (Wildman–Crippen LogP) is 4.79. The van der Waals surface area contributed by atoms with Gasteiger partial charge in [0.1, 0.15) is 5.82 Å². The summed E-state index contributed by atoms with van der Waals surface area (Å²) >= 11 is 0. The van der Waals surface area contributed by atoms with Gasteiger partial charge in [-0.3, -0.25) is 24.8 Å². The molecule has 1 aromatic carbocycles. The summed E-state index contributed by atoms with van der Waals surface area (Å²) in [6.45, 7) is 3.15. The number of anilines is 1. The zero-order chi connectivity index (χ0) is 22.6. The molecule has 8 heteroatoms. The number of likely N-dealkylation sites (tertiary alicyclic amines) is 1. The predicted molar refractivity (Wildman–Crippen MR) is 125 cm³/mol. The number of aromatic nitrogens is 4. The molecule has 5 rings (SSSR count). The molecule has 0 bridgehead atoms. The van der Waals surface area contributed by atoms with Crippen molar-refractivity contribution in [1.82, 2.24) is 25.1 Å². The number of hydrogen-bond acceptors (Lipinski definition) is 5. The lowest BCUT2D eigenvalue weighted by Crippen LogP contribution is -2.24. The van der Waals surface area contributed by atoms with Gasteiger partial charge in [-0.25, -0.2) is 4.39 Å². The molecule has 33 heavy (non-hydrogen) atoms. The fraction of sp³-hybridized carbons (Fsp3) is 0.280. The van der Waals surface area contributed by atoms with Crippen molar-refractivity contribution < 1.29 is 9.18 Å². The van der Waals surface area contributed by atoms with Gasteiger partial charge in [0.25, 0.3) is 5.91 Å². The van der Waals surface area contributed by atoms with Gasteiger partial charge in [0.2, 0.25) is 0 Å². The molecule has 3 aromatic heterocycles. The molecule has 2 N–H and O–H groups in total. The third kappa shape index (κ3) is 4.90. The molecule has 4 heterocycles. The van der Waals surface area contributed by atoms with E-state index in [0.29, 0.717) is 5.39 Å². The van der Waals surface area contributed by atoms with Gasteiger partial charge >= 0.3 is 0 Å². The normalized spacial score (nSPS) is 14.8. The number of H-pyrrole nitrogens is 1. The van der Waals surface area contributed by atoms with Gasteiger partial charge in [-0.2, -0.15) is 5.10 Å². The average Bonchev–Trinajstić information content (AvgIpc) is 3.08. The minimum atomic E-state index is -0.519. The van der Waals surface area contributed by atoms with Crippen LogP contribution in [-0.2, 0) is 6.54 Å². The number of nitrogens with zero attached hydrogens (tertiary/aromatic N) is 4. The minimum absolute atomic E-state index is 0.241. The number of halogens is 1. The Morgan fingerprint density at radius 3 is 2.61 bits per heavy atom. The number of amides is 1. The van der Waals surface area contributed by atoms with Gasteiger partial charge in [-0.1, -0.05) is 18.9 Å². The number of aromatic amines is 1. The van der Waals surface area contributed by atoms with E-state index in [0.717, 1.165) is 42.5 Å². The highest BCUT2D eigenvalue weighted by Gasteiger charge is 2.16. The maximum Gasteiger partial charge on any atom is 0.276 e. The Bertz CT molecular complexity index is 1280. The second-order valence-corrected chi connectivity index (χ2v) is 8.45. The van der Waals surface area contributed by atoms with Gasteiger partial charge in [0, 0.05) is 36.0 Å². The van der Waals surface area contributed by atoms with E-state index in [-0.39, 0.29) is 11.4 Å². The third-order valence-corrected chi connectivity index (χ3v) is 5.97. The number of pyridine rings is 2. The van der Waals surface area contributed by atoms with Crippen LogP contribution in [0, 0.1) is 5.82 Å². The highest BCUT2D eigenvalue weighted by atomic mass is 19.1. The topological polar surface area (TPSA) is 86.8 Å². The maximum absolute atomic E-state index is 13.4. The van der Waals surface area contributed by atoms with Crippen molar-refractivity contribution in [2.24, 2.45) is 0 Å². The summed E-state index contributed by atoms with van der Waals surface area (Å²) in [5.74, 6) is -0.951. The first-order chi connectivity index (χ1) is 16.2. The van der Waals surface area contributed by atoms with Crippen molar-refractivity contribution in [3.05, 3.63) is 72.2 Å². The molecule has 0 unspecified atom stereocenters. The Labute approximate surface area is 191 Å². The Balaban J connectivity index is 1.40. The van der Waals surface area contributed by atoms with Crippen LogP contribution in [0.15, 0.2) is 55.1 Å².